The maximum atomic E-state index is 13.2. The third-order valence-corrected chi connectivity index (χ3v) is 4.92. The van der Waals surface area contributed by atoms with Gasteiger partial charge >= 0.3 is 0 Å². The fourth-order valence-electron chi connectivity index (χ4n) is 3.41. The van der Waals surface area contributed by atoms with E-state index in [0.29, 0.717) is 6.54 Å². The van der Waals surface area contributed by atoms with Crippen LogP contribution in [0.5, 0.6) is 0 Å². The SMILES string of the molecule is C#CCCCn1c(C)c(C)c2ccnc(N(C)Cc3ccc(F)cc3)c21.Cl. The Morgan fingerprint density at radius 1 is 1.19 bits per heavy atom. The molecule has 27 heavy (non-hydrogen) atoms. The second kappa shape index (κ2) is 8.92. The molecule has 0 saturated carbocycles. The molecular formula is C22H25ClFN3. The Kier molecular flexibility index (Phi) is 6.87. The van der Waals surface area contributed by atoms with E-state index in [0.717, 1.165) is 36.3 Å². The first-order valence-electron chi connectivity index (χ1n) is 8.86. The Morgan fingerprint density at radius 2 is 1.89 bits per heavy atom. The Balaban J connectivity index is 0.00000261. The predicted molar refractivity (Wildman–Crippen MR) is 113 cm³/mol. The number of hydrogen-bond acceptors (Lipinski definition) is 2. The molecule has 0 unspecified atom stereocenters. The normalized spacial score (nSPS) is 10.5. The molecule has 0 aliphatic heterocycles. The highest BCUT2D eigenvalue weighted by Crippen LogP contribution is 2.32. The molecule has 0 saturated heterocycles. The summed E-state index contributed by atoms with van der Waals surface area (Å²) in [6.07, 6.45) is 8.98. The number of rotatable bonds is 6. The Morgan fingerprint density at radius 3 is 2.56 bits per heavy atom. The molecule has 2 heterocycles. The molecule has 0 fully saturated rings. The molecule has 1 aromatic carbocycles. The minimum absolute atomic E-state index is 0. The summed E-state index contributed by atoms with van der Waals surface area (Å²) < 4.78 is 15.5. The molecule has 5 heteroatoms. The fraction of sp³-hybridized carbons (Fsp3) is 0.318. The van der Waals surface area contributed by atoms with Crippen LogP contribution in [0, 0.1) is 32.0 Å². The summed E-state index contributed by atoms with van der Waals surface area (Å²) in [6.45, 7) is 5.84. The zero-order valence-electron chi connectivity index (χ0n) is 16.0. The molecule has 0 aliphatic rings. The minimum Gasteiger partial charge on any atom is -0.354 e. The number of terminal acetylenes is 1. The van der Waals surface area contributed by atoms with Gasteiger partial charge in [-0.15, -0.1) is 24.8 Å². The van der Waals surface area contributed by atoms with Crippen molar-refractivity contribution in [3.8, 4) is 12.3 Å². The lowest BCUT2D eigenvalue weighted by molar-refractivity contribution is 0.627. The fourth-order valence-corrected chi connectivity index (χ4v) is 3.41. The lowest BCUT2D eigenvalue weighted by Crippen LogP contribution is -2.19. The molecule has 0 N–H and O–H groups in total. The number of unbranched alkanes of at least 4 members (excludes halogenated alkanes) is 1. The van der Waals surface area contributed by atoms with Crippen LogP contribution in [0.15, 0.2) is 36.5 Å². The molecule has 0 spiro atoms. The number of aromatic nitrogens is 2. The first kappa shape index (κ1) is 20.8. The maximum absolute atomic E-state index is 13.2. The van der Waals surface area contributed by atoms with Gasteiger partial charge in [0.25, 0.3) is 0 Å². The number of pyridine rings is 1. The van der Waals surface area contributed by atoms with Gasteiger partial charge in [-0.25, -0.2) is 9.37 Å². The van der Waals surface area contributed by atoms with Gasteiger partial charge in [0.05, 0.1) is 5.52 Å². The van der Waals surface area contributed by atoms with Gasteiger partial charge in [-0.1, -0.05) is 12.1 Å². The smallest absolute Gasteiger partial charge is 0.153 e. The third kappa shape index (κ3) is 4.26. The van der Waals surface area contributed by atoms with Crippen LogP contribution in [0.3, 0.4) is 0 Å². The summed E-state index contributed by atoms with van der Waals surface area (Å²) in [7, 11) is 2.02. The van der Waals surface area contributed by atoms with Crippen LogP contribution >= 0.6 is 12.4 Å². The average Bonchev–Trinajstić information content (AvgIpc) is 2.89. The van der Waals surface area contributed by atoms with Gasteiger partial charge in [0.2, 0.25) is 0 Å². The van der Waals surface area contributed by atoms with Crippen LogP contribution in [-0.2, 0) is 13.1 Å². The molecule has 142 valence electrons. The quantitative estimate of drug-likeness (QED) is 0.426. The van der Waals surface area contributed by atoms with Crippen molar-refractivity contribution in [2.24, 2.45) is 0 Å². The number of aryl methyl sites for hydroxylation is 2. The Bertz CT molecular complexity index is 954. The zero-order chi connectivity index (χ0) is 18.7. The summed E-state index contributed by atoms with van der Waals surface area (Å²) in [4.78, 5) is 6.77. The number of nitrogens with zero attached hydrogens (tertiary/aromatic N) is 3. The van der Waals surface area contributed by atoms with E-state index in [1.807, 2.05) is 25.4 Å². The van der Waals surface area contributed by atoms with E-state index in [-0.39, 0.29) is 18.2 Å². The summed E-state index contributed by atoms with van der Waals surface area (Å²) in [5.41, 5.74) is 4.72. The maximum Gasteiger partial charge on any atom is 0.153 e. The van der Waals surface area contributed by atoms with E-state index in [2.05, 4.69) is 40.3 Å². The van der Waals surface area contributed by atoms with Gasteiger partial charge in [-0.3, -0.25) is 0 Å². The van der Waals surface area contributed by atoms with Crippen LogP contribution < -0.4 is 4.90 Å². The molecule has 3 nitrogen and oxygen atoms in total. The average molecular weight is 386 g/mol. The van der Waals surface area contributed by atoms with Gasteiger partial charge < -0.3 is 9.47 Å². The van der Waals surface area contributed by atoms with Crippen molar-refractivity contribution in [1.82, 2.24) is 9.55 Å². The summed E-state index contributed by atoms with van der Waals surface area (Å²) >= 11 is 0. The lowest BCUT2D eigenvalue weighted by atomic mass is 10.2. The van der Waals surface area contributed by atoms with Crippen molar-refractivity contribution in [3.05, 3.63) is 59.2 Å². The molecule has 0 atom stereocenters. The van der Waals surface area contributed by atoms with Crippen molar-refractivity contribution in [1.29, 1.82) is 0 Å². The van der Waals surface area contributed by atoms with Crippen LogP contribution in [0.25, 0.3) is 10.9 Å². The van der Waals surface area contributed by atoms with Gasteiger partial charge in [0.15, 0.2) is 5.82 Å². The molecule has 0 bridgehead atoms. The number of halogens is 2. The van der Waals surface area contributed by atoms with Gasteiger partial charge in [-0.2, -0.15) is 0 Å². The van der Waals surface area contributed by atoms with Crippen LogP contribution in [0.1, 0.15) is 29.7 Å². The van der Waals surface area contributed by atoms with E-state index in [9.17, 15) is 4.39 Å². The molecular weight excluding hydrogens is 361 g/mol. The highest BCUT2D eigenvalue weighted by molar-refractivity contribution is 5.93. The number of fused-ring (bicyclic) bond motifs is 1. The van der Waals surface area contributed by atoms with Crippen LogP contribution in [0.4, 0.5) is 10.2 Å². The number of benzene rings is 1. The Labute approximate surface area is 166 Å². The van der Waals surface area contributed by atoms with Crippen molar-refractivity contribution in [2.45, 2.75) is 39.8 Å². The second-order valence-electron chi connectivity index (χ2n) is 6.68. The van der Waals surface area contributed by atoms with Crippen molar-refractivity contribution in [3.63, 3.8) is 0 Å². The number of anilines is 1. The molecule has 2 aromatic heterocycles. The van der Waals surface area contributed by atoms with Gasteiger partial charge in [0.1, 0.15) is 5.82 Å². The molecule has 0 amide bonds. The Hall–Kier alpha value is -2.51. The highest BCUT2D eigenvalue weighted by Gasteiger charge is 2.17. The zero-order valence-corrected chi connectivity index (χ0v) is 16.8. The standard InChI is InChI=1S/C22H24FN3.ClH/c1-5-6-7-14-26-17(3)16(2)20-12-13-24-22(21(20)26)25(4)15-18-8-10-19(23)11-9-18;/h1,8-13H,6-7,14-15H2,2-4H3;1H. The molecule has 3 aromatic rings. The second-order valence-corrected chi connectivity index (χ2v) is 6.68. The molecule has 0 radical (unpaired) electrons. The number of hydrogen-bond donors (Lipinski definition) is 0. The topological polar surface area (TPSA) is 21.1 Å². The van der Waals surface area contributed by atoms with E-state index < -0.39 is 0 Å². The van der Waals surface area contributed by atoms with E-state index in [1.165, 1.54) is 28.8 Å². The van der Waals surface area contributed by atoms with Crippen molar-refractivity contribution < 1.29 is 4.39 Å². The summed E-state index contributed by atoms with van der Waals surface area (Å²) in [5, 5.41) is 1.22. The first-order chi connectivity index (χ1) is 12.5. The third-order valence-electron chi connectivity index (χ3n) is 4.92. The van der Waals surface area contributed by atoms with E-state index >= 15 is 0 Å². The summed E-state index contributed by atoms with van der Waals surface area (Å²) in [6, 6.07) is 8.69. The largest absolute Gasteiger partial charge is 0.354 e. The van der Waals surface area contributed by atoms with Crippen molar-refractivity contribution in [2.75, 3.05) is 11.9 Å². The van der Waals surface area contributed by atoms with E-state index in [4.69, 9.17) is 6.42 Å². The van der Waals surface area contributed by atoms with Crippen molar-refractivity contribution >= 4 is 29.1 Å². The first-order valence-corrected chi connectivity index (χ1v) is 8.86. The van der Waals surface area contributed by atoms with Gasteiger partial charge in [-0.05, 0) is 49.6 Å². The minimum atomic E-state index is -0.217. The van der Waals surface area contributed by atoms with Crippen LogP contribution in [-0.4, -0.2) is 16.6 Å². The predicted octanol–water partition coefficient (Wildman–Crippen LogP) is 5.26. The molecule has 0 aliphatic carbocycles. The van der Waals surface area contributed by atoms with E-state index in [1.54, 1.807) is 0 Å². The van der Waals surface area contributed by atoms with Gasteiger partial charge in [0, 0.05) is 43.8 Å². The lowest BCUT2D eigenvalue weighted by Gasteiger charge is -2.21. The van der Waals surface area contributed by atoms with Crippen LogP contribution in [0.2, 0.25) is 0 Å². The monoisotopic (exact) mass is 385 g/mol. The summed E-state index contributed by atoms with van der Waals surface area (Å²) in [5.74, 6) is 3.43. The highest BCUT2D eigenvalue weighted by atomic mass is 35.5. The molecule has 3 rings (SSSR count).